The smallest absolute Gasteiger partial charge is 0.255 e. The molecule has 2 aliphatic rings. The fraction of sp³-hybridized carbons (Fsp3) is 0.381. The van der Waals surface area contributed by atoms with E-state index in [4.69, 9.17) is 0 Å². The lowest BCUT2D eigenvalue weighted by atomic mass is 9.99. The highest BCUT2D eigenvalue weighted by Crippen LogP contribution is 2.25. The zero-order valence-corrected chi connectivity index (χ0v) is 15.4. The third-order valence-electron chi connectivity index (χ3n) is 5.76. The van der Waals surface area contributed by atoms with Gasteiger partial charge in [0.15, 0.2) is 0 Å². The van der Waals surface area contributed by atoms with Crippen LogP contribution in [0.25, 0.3) is 10.9 Å². The monoisotopic (exact) mass is 362 g/mol. The summed E-state index contributed by atoms with van der Waals surface area (Å²) in [5.41, 5.74) is 4.84. The maximum Gasteiger partial charge on any atom is 0.255 e. The number of aryl methyl sites for hydroxylation is 3. The van der Waals surface area contributed by atoms with Gasteiger partial charge in [0.05, 0.1) is 16.8 Å². The van der Waals surface area contributed by atoms with Crippen molar-refractivity contribution in [1.82, 2.24) is 19.4 Å². The molecule has 0 saturated carbocycles. The van der Waals surface area contributed by atoms with Crippen LogP contribution in [0.5, 0.6) is 0 Å². The van der Waals surface area contributed by atoms with Gasteiger partial charge in [-0.15, -0.1) is 0 Å². The second-order valence-electron chi connectivity index (χ2n) is 7.62. The predicted molar refractivity (Wildman–Crippen MR) is 104 cm³/mol. The molecule has 5 rings (SSSR count). The van der Waals surface area contributed by atoms with Gasteiger partial charge in [0, 0.05) is 38.2 Å². The van der Waals surface area contributed by atoms with E-state index in [1.165, 1.54) is 5.56 Å². The summed E-state index contributed by atoms with van der Waals surface area (Å²) in [6, 6.07) is 8.33. The number of rotatable bonds is 2. The molecule has 6 nitrogen and oxygen atoms in total. The third kappa shape index (κ3) is 2.72. The van der Waals surface area contributed by atoms with E-state index in [0.717, 1.165) is 60.1 Å². The highest BCUT2D eigenvalue weighted by atomic mass is 16.1. The summed E-state index contributed by atoms with van der Waals surface area (Å²) in [7, 11) is 0. The Balaban J connectivity index is 1.52. The summed E-state index contributed by atoms with van der Waals surface area (Å²) in [6.07, 6.45) is 2.78. The Morgan fingerprint density at radius 1 is 1.19 bits per heavy atom. The number of H-pyrrole nitrogens is 1. The van der Waals surface area contributed by atoms with Crippen molar-refractivity contribution >= 4 is 10.9 Å². The molecular weight excluding hydrogens is 340 g/mol. The van der Waals surface area contributed by atoms with Gasteiger partial charge in [0.1, 0.15) is 5.82 Å². The van der Waals surface area contributed by atoms with E-state index in [9.17, 15) is 9.59 Å². The Bertz CT molecular complexity index is 1180. The molecule has 2 aliphatic heterocycles. The van der Waals surface area contributed by atoms with Crippen molar-refractivity contribution in [2.75, 3.05) is 6.54 Å². The summed E-state index contributed by atoms with van der Waals surface area (Å²) in [4.78, 5) is 34.8. The SMILES string of the molecule is Cc1nc2c(c(=O)[nH]1)CN(Cc1cc3cccc4c3n(c1=O)CCC4)CC2. The lowest BCUT2D eigenvalue weighted by Gasteiger charge is -2.28. The fourth-order valence-corrected chi connectivity index (χ4v) is 4.52. The van der Waals surface area contributed by atoms with Gasteiger partial charge in [-0.2, -0.15) is 0 Å². The van der Waals surface area contributed by atoms with Crippen LogP contribution in [-0.2, 0) is 32.5 Å². The molecule has 0 amide bonds. The fourth-order valence-electron chi connectivity index (χ4n) is 4.52. The Kier molecular flexibility index (Phi) is 3.75. The molecule has 4 heterocycles. The number of nitrogens with one attached hydrogen (secondary N) is 1. The van der Waals surface area contributed by atoms with E-state index in [-0.39, 0.29) is 11.1 Å². The van der Waals surface area contributed by atoms with Crippen molar-refractivity contribution in [3.05, 3.63) is 73.2 Å². The number of fused-ring (bicyclic) bond motifs is 1. The normalized spacial score (nSPS) is 16.5. The van der Waals surface area contributed by atoms with E-state index in [2.05, 4.69) is 33.1 Å². The van der Waals surface area contributed by atoms with Gasteiger partial charge in [-0.1, -0.05) is 18.2 Å². The van der Waals surface area contributed by atoms with Crippen LogP contribution in [0.15, 0.2) is 33.9 Å². The van der Waals surface area contributed by atoms with E-state index in [0.29, 0.717) is 18.9 Å². The summed E-state index contributed by atoms with van der Waals surface area (Å²) in [5.74, 6) is 0.662. The third-order valence-corrected chi connectivity index (χ3v) is 5.76. The maximum atomic E-state index is 13.1. The molecule has 0 aliphatic carbocycles. The molecule has 27 heavy (non-hydrogen) atoms. The van der Waals surface area contributed by atoms with Crippen molar-refractivity contribution in [2.24, 2.45) is 0 Å². The zero-order chi connectivity index (χ0) is 18.5. The molecule has 2 aromatic heterocycles. The lowest BCUT2D eigenvalue weighted by Crippen LogP contribution is -2.37. The quantitative estimate of drug-likeness (QED) is 0.756. The first kappa shape index (κ1) is 16.4. The second-order valence-corrected chi connectivity index (χ2v) is 7.62. The Labute approximate surface area is 156 Å². The topological polar surface area (TPSA) is 71.0 Å². The van der Waals surface area contributed by atoms with Gasteiger partial charge in [0.25, 0.3) is 11.1 Å². The largest absolute Gasteiger partial charge is 0.310 e. The number of aromatic amines is 1. The Morgan fingerprint density at radius 3 is 2.96 bits per heavy atom. The lowest BCUT2D eigenvalue weighted by molar-refractivity contribution is 0.240. The molecule has 3 aromatic rings. The van der Waals surface area contributed by atoms with Gasteiger partial charge in [-0.05, 0) is 36.8 Å². The number of pyridine rings is 1. The van der Waals surface area contributed by atoms with Crippen molar-refractivity contribution in [2.45, 2.75) is 45.8 Å². The molecule has 0 radical (unpaired) electrons. The summed E-state index contributed by atoms with van der Waals surface area (Å²) < 4.78 is 1.94. The highest BCUT2D eigenvalue weighted by molar-refractivity contribution is 5.83. The van der Waals surface area contributed by atoms with Crippen molar-refractivity contribution in [3.8, 4) is 0 Å². The van der Waals surface area contributed by atoms with E-state index in [1.807, 2.05) is 17.6 Å². The maximum absolute atomic E-state index is 13.1. The summed E-state index contributed by atoms with van der Waals surface area (Å²) >= 11 is 0. The van der Waals surface area contributed by atoms with Crippen molar-refractivity contribution in [1.29, 1.82) is 0 Å². The van der Waals surface area contributed by atoms with Gasteiger partial charge >= 0.3 is 0 Å². The van der Waals surface area contributed by atoms with Crippen LogP contribution in [0.4, 0.5) is 0 Å². The molecule has 0 bridgehead atoms. The van der Waals surface area contributed by atoms with Gasteiger partial charge in [-0.3, -0.25) is 14.5 Å². The molecule has 0 atom stereocenters. The van der Waals surface area contributed by atoms with Crippen LogP contribution in [0, 0.1) is 6.92 Å². The molecule has 1 aromatic carbocycles. The minimum atomic E-state index is -0.0582. The van der Waals surface area contributed by atoms with E-state index in [1.54, 1.807) is 0 Å². The van der Waals surface area contributed by atoms with Crippen LogP contribution >= 0.6 is 0 Å². The van der Waals surface area contributed by atoms with Gasteiger partial charge < -0.3 is 9.55 Å². The number of hydrogen-bond donors (Lipinski definition) is 1. The molecule has 1 N–H and O–H groups in total. The van der Waals surface area contributed by atoms with Crippen LogP contribution < -0.4 is 11.1 Å². The van der Waals surface area contributed by atoms with Crippen LogP contribution in [-0.4, -0.2) is 26.0 Å². The van der Waals surface area contributed by atoms with E-state index < -0.39 is 0 Å². The summed E-state index contributed by atoms with van der Waals surface area (Å²) in [5, 5.41) is 1.13. The van der Waals surface area contributed by atoms with Crippen LogP contribution in [0.2, 0.25) is 0 Å². The van der Waals surface area contributed by atoms with E-state index >= 15 is 0 Å². The molecule has 0 unspecified atom stereocenters. The second kappa shape index (κ2) is 6.16. The average Bonchev–Trinajstić information content (AvgIpc) is 2.66. The number of para-hydroxylation sites is 1. The van der Waals surface area contributed by atoms with Crippen molar-refractivity contribution < 1.29 is 0 Å². The molecule has 0 fully saturated rings. The first-order valence-corrected chi connectivity index (χ1v) is 9.55. The molecular formula is C21H22N4O2. The molecule has 6 heteroatoms. The molecule has 0 saturated heterocycles. The minimum absolute atomic E-state index is 0.0582. The van der Waals surface area contributed by atoms with Crippen LogP contribution in [0.1, 0.15) is 34.6 Å². The first-order valence-electron chi connectivity index (χ1n) is 9.55. The first-order chi connectivity index (χ1) is 13.1. The van der Waals surface area contributed by atoms with Gasteiger partial charge in [-0.25, -0.2) is 4.98 Å². The summed E-state index contributed by atoms with van der Waals surface area (Å²) in [6.45, 7) is 4.50. The average molecular weight is 362 g/mol. The molecule has 138 valence electrons. The van der Waals surface area contributed by atoms with Gasteiger partial charge in [0.2, 0.25) is 0 Å². The van der Waals surface area contributed by atoms with Crippen LogP contribution in [0.3, 0.4) is 0 Å². The number of nitrogens with zero attached hydrogens (tertiary/aromatic N) is 3. The minimum Gasteiger partial charge on any atom is -0.310 e. The van der Waals surface area contributed by atoms with Crippen molar-refractivity contribution in [3.63, 3.8) is 0 Å². The number of benzene rings is 1. The predicted octanol–water partition coefficient (Wildman–Crippen LogP) is 1.90. The Hall–Kier alpha value is -2.73. The standard InChI is InChI=1S/C21H22N4O2/c1-13-22-18-7-9-24(12-17(18)20(26)23-13)11-16-10-15-5-2-4-14-6-3-8-25(19(14)15)21(16)27/h2,4-5,10H,3,6-9,11-12H2,1H3,(H,22,23,26). The zero-order valence-electron chi connectivity index (χ0n) is 15.4. The highest BCUT2D eigenvalue weighted by Gasteiger charge is 2.23. The number of hydrogen-bond acceptors (Lipinski definition) is 4. The number of aromatic nitrogens is 3. The molecule has 0 spiro atoms. The Morgan fingerprint density at radius 2 is 2.07 bits per heavy atom.